The van der Waals surface area contributed by atoms with E-state index in [0.717, 1.165) is 0 Å². The molecule has 0 aromatic heterocycles. The van der Waals surface area contributed by atoms with E-state index in [9.17, 15) is 9.59 Å². The lowest BCUT2D eigenvalue weighted by Gasteiger charge is -2.21. The lowest BCUT2D eigenvalue weighted by molar-refractivity contribution is -0.141. The van der Waals surface area contributed by atoms with Crippen molar-refractivity contribution in [2.45, 2.75) is 31.9 Å². The van der Waals surface area contributed by atoms with Crippen LogP contribution < -0.4 is 5.32 Å². The van der Waals surface area contributed by atoms with E-state index in [-0.39, 0.29) is 12.1 Å². The van der Waals surface area contributed by atoms with Crippen LogP contribution in [0.5, 0.6) is 0 Å². The molecule has 0 saturated carbocycles. The molecule has 2 unspecified atom stereocenters. The molecule has 19 heavy (non-hydrogen) atoms. The third kappa shape index (κ3) is 4.68. The fourth-order valence-electron chi connectivity index (χ4n) is 2.04. The van der Waals surface area contributed by atoms with Gasteiger partial charge in [-0.3, -0.25) is 0 Å². The van der Waals surface area contributed by atoms with Gasteiger partial charge in [0.1, 0.15) is 6.04 Å². The molecule has 0 radical (unpaired) electrons. The van der Waals surface area contributed by atoms with Crippen LogP contribution in [0.15, 0.2) is 0 Å². The van der Waals surface area contributed by atoms with Crippen LogP contribution in [0.1, 0.15) is 19.8 Å². The van der Waals surface area contributed by atoms with Gasteiger partial charge in [0.2, 0.25) is 0 Å². The molecule has 7 nitrogen and oxygen atoms in total. The number of carbonyl (C=O) groups is 2. The van der Waals surface area contributed by atoms with E-state index in [4.69, 9.17) is 14.6 Å². The fourth-order valence-corrected chi connectivity index (χ4v) is 2.04. The van der Waals surface area contributed by atoms with Crippen LogP contribution in [0, 0.1) is 0 Å². The summed E-state index contributed by atoms with van der Waals surface area (Å²) < 4.78 is 10.3. The van der Waals surface area contributed by atoms with Crippen molar-refractivity contribution in [1.82, 2.24) is 10.2 Å². The van der Waals surface area contributed by atoms with Gasteiger partial charge in [-0.1, -0.05) is 0 Å². The van der Waals surface area contributed by atoms with E-state index in [0.29, 0.717) is 39.1 Å². The first kappa shape index (κ1) is 15.7. The smallest absolute Gasteiger partial charge is 0.326 e. The Morgan fingerprint density at radius 1 is 1.47 bits per heavy atom. The topological polar surface area (TPSA) is 88.1 Å². The molecule has 110 valence electrons. The minimum atomic E-state index is -0.996. The number of ether oxygens (including phenoxy) is 2. The first-order valence-electron chi connectivity index (χ1n) is 6.48. The molecule has 1 fully saturated rings. The van der Waals surface area contributed by atoms with Crippen molar-refractivity contribution < 1.29 is 24.2 Å². The van der Waals surface area contributed by atoms with Gasteiger partial charge in [0.25, 0.3) is 0 Å². The number of aliphatic carboxylic acids is 1. The maximum Gasteiger partial charge on any atom is 0.326 e. The van der Waals surface area contributed by atoms with Gasteiger partial charge in [-0.2, -0.15) is 0 Å². The van der Waals surface area contributed by atoms with Crippen molar-refractivity contribution in [3.63, 3.8) is 0 Å². The molecule has 0 bridgehead atoms. The average molecular weight is 274 g/mol. The van der Waals surface area contributed by atoms with Crippen LogP contribution in [-0.2, 0) is 14.3 Å². The summed E-state index contributed by atoms with van der Waals surface area (Å²) in [6.07, 6.45) is 0.826. The first-order valence-corrected chi connectivity index (χ1v) is 6.48. The summed E-state index contributed by atoms with van der Waals surface area (Å²) in [7, 11) is 1.52. The summed E-state index contributed by atoms with van der Waals surface area (Å²) in [5.74, 6) is -0.996. The van der Waals surface area contributed by atoms with Crippen molar-refractivity contribution in [3.05, 3.63) is 0 Å². The van der Waals surface area contributed by atoms with Gasteiger partial charge in [0, 0.05) is 39.8 Å². The third-order valence-corrected chi connectivity index (χ3v) is 3.09. The Morgan fingerprint density at radius 3 is 2.79 bits per heavy atom. The highest BCUT2D eigenvalue weighted by molar-refractivity contribution is 5.83. The second-order valence-electron chi connectivity index (χ2n) is 4.38. The molecule has 1 heterocycles. The number of likely N-dealkylation sites (tertiary alicyclic amines) is 1. The number of methoxy groups -OCH3 is 1. The zero-order valence-electron chi connectivity index (χ0n) is 11.4. The van der Waals surface area contributed by atoms with Gasteiger partial charge in [0.15, 0.2) is 0 Å². The normalized spacial score (nSPS) is 22.5. The lowest BCUT2D eigenvalue weighted by atomic mass is 10.2. The van der Waals surface area contributed by atoms with E-state index >= 15 is 0 Å². The molecule has 1 aliphatic heterocycles. The molecule has 0 spiro atoms. The molecule has 1 saturated heterocycles. The molecule has 2 amide bonds. The summed E-state index contributed by atoms with van der Waals surface area (Å²) in [5, 5.41) is 11.8. The van der Waals surface area contributed by atoms with Crippen LogP contribution in [0.25, 0.3) is 0 Å². The molecule has 0 aliphatic carbocycles. The zero-order chi connectivity index (χ0) is 14.3. The number of urea groups is 1. The van der Waals surface area contributed by atoms with Gasteiger partial charge in [-0.15, -0.1) is 0 Å². The quantitative estimate of drug-likeness (QED) is 0.652. The Kier molecular flexibility index (Phi) is 6.58. The standard InChI is InChI=1S/C12H22N2O5/c1-3-19-6-4-5-13-12(17)14-8-9(18-2)7-10(14)11(15)16/h9-10H,3-8H2,1-2H3,(H,13,17)(H,15,16). The Hall–Kier alpha value is -1.34. The minimum Gasteiger partial charge on any atom is -0.480 e. The van der Waals surface area contributed by atoms with Gasteiger partial charge in [-0.25, -0.2) is 9.59 Å². The van der Waals surface area contributed by atoms with Crippen LogP contribution in [-0.4, -0.2) is 67.6 Å². The third-order valence-electron chi connectivity index (χ3n) is 3.09. The van der Waals surface area contributed by atoms with Crippen molar-refractivity contribution in [2.75, 3.05) is 33.4 Å². The lowest BCUT2D eigenvalue weighted by Crippen LogP contribution is -2.46. The largest absolute Gasteiger partial charge is 0.480 e. The molecule has 1 rings (SSSR count). The molecule has 0 aromatic carbocycles. The molecule has 1 aliphatic rings. The average Bonchev–Trinajstić information content (AvgIpc) is 2.82. The van der Waals surface area contributed by atoms with Gasteiger partial charge >= 0.3 is 12.0 Å². The summed E-state index contributed by atoms with van der Waals surface area (Å²) in [6.45, 7) is 3.92. The fraction of sp³-hybridized carbons (Fsp3) is 0.833. The Labute approximate surface area is 112 Å². The highest BCUT2D eigenvalue weighted by Gasteiger charge is 2.39. The van der Waals surface area contributed by atoms with E-state index in [2.05, 4.69) is 5.32 Å². The summed E-state index contributed by atoms with van der Waals surface area (Å²) in [6, 6.07) is -1.17. The second-order valence-corrected chi connectivity index (χ2v) is 4.38. The first-order chi connectivity index (χ1) is 9.10. The van der Waals surface area contributed by atoms with E-state index in [1.807, 2.05) is 6.92 Å². The van der Waals surface area contributed by atoms with Crippen molar-refractivity contribution in [1.29, 1.82) is 0 Å². The highest BCUT2D eigenvalue weighted by Crippen LogP contribution is 2.20. The number of nitrogens with one attached hydrogen (secondary N) is 1. The predicted octanol–water partition coefficient (Wildman–Crippen LogP) is 0.297. The second kappa shape index (κ2) is 7.96. The molecule has 2 atom stereocenters. The van der Waals surface area contributed by atoms with E-state index in [1.165, 1.54) is 12.0 Å². The molecule has 2 N–H and O–H groups in total. The number of hydrogen-bond donors (Lipinski definition) is 2. The Morgan fingerprint density at radius 2 is 2.21 bits per heavy atom. The van der Waals surface area contributed by atoms with E-state index in [1.54, 1.807) is 0 Å². The summed E-state index contributed by atoms with van der Waals surface area (Å²) in [5.41, 5.74) is 0. The van der Waals surface area contributed by atoms with Gasteiger partial charge in [0.05, 0.1) is 6.10 Å². The van der Waals surface area contributed by atoms with E-state index < -0.39 is 12.0 Å². The molecular formula is C12H22N2O5. The van der Waals surface area contributed by atoms with Crippen molar-refractivity contribution in [3.8, 4) is 0 Å². The maximum atomic E-state index is 11.9. The maximum absolute atomic E-state index is 11.9. The van der Waals surface area contributed by atoms with Crippen LogP contribution in [0.2, 0.25) is 0 Å². The number of nitrogens with zero attached hydrogens (tertiary/aromatic N) is 1. The van der Waals surface area contributed by atoms with Crippen molar-refractivity contribution in [2.24, 2.45) is 0 Å². The van der Waals surface area contributed by atoms with Crippen LogP contribution >= 0.6 is 0 Å². The zero-order valence-corrected chi connectivity index (χ0v) is 11.4. The molecule has 0 aromatic rings. The number of carboxylic acids is 1. The van der Waals surface area contributed by atoms with Crippen LogP contribution in [0.3, 0.4) is 0 Å². The van der Waals surface area contributed by atoms with Crippen molar-refractivity contribution >= 4 is 12.0 Å². The van der Waals surface area contributed by atoms with Crippen LogP contribution in [0.4, 0.5) is 4.79 Å². The highest BCUT2D eigenvalue weighted by atomic mass is 16.5. The monoisotopic (exact) mass is 274 g/mol. The summed E-state index contributed by atoms with van der Waals surface area (Å²) >= 11 is 0. The predicted molar refractivity (Wildman–Crippen MR) is 68.1 cm³/mol. The molecular weight excluding hydrogens is 252 g/mol. The Bertz CT molecular complexity index is 310. The summed E-state index contributed by atoms with van der Waals surface area (Å²) in [4.78, 5) is 24.3. The van der Waals surface area contributed by atoms with Gasteiger partial charge < -0.3 is 24.8 Å². The Balaban J connectivity index is 2.39. The van der Waals surface area contributed by atoms with Gasteiger partial charge in [-0.05, 0) is 13.3 Å². The number of amides is 2. The number of carboxylic acid groups (broad SMARTS) is 1. The minimum absolute atomic E-state index is 0.213. The number of rotatable bonds is 7. The SMILES string of the molecule is CCOCCCNC(=O)N1CC(OC)CC1C(=O)O. The number of carbonyl (C=O) groups excluding carboxylic acids is 1. The number of hydrogen-bond acceptors (Lipinski definition) is 4. The molecule has 7 heteroatoms.